The standard InChI is InChI=1S/C17H20O2/c1-3-4-5-10-19-17-9-8-14-6-7-15(13(2)18)11-16(14)12-17/h6-9,11-12H,3-5,10H2,1-2H3. The van der Waals surface area contributed by atoms with E-state index in [0.717, 1.165) is 35.1 Å². The maximum Gasteiger partial charge on any atom is 0.159 e. The molecule has 0 atom stereocenters. The third-order valence-electron chi connectivity index (χ3n) is 3.23. The average Bonchev–Trinajstić information content (AvgIpc) is 2.42. The third kappa shape index (κ3) is 3.57. The summed E-state index contributed by atoms with van der Waals surface area (Å²) in [5.74, 6) is 0.973. The molecule has 2 aromatic carbocycles. The highest BCUT2D eigenvalue weighted by atomic mass is 16.5. The lowest BCUT2D eigenvalue weighted by molar-refractivity contribution is 0.101. The molecule has 2 nitrogen and oxygen atoms in total. The number of benzene rings is 2. The van der Waals surface area contributed by atoms with Crippen molar-refractivity contribution in [1.29, 1.82) is 0 Å². The highest BCUT2D eigenvalue weighted by Crippen LogP contribution is 2.22. The fourth-order valence-electron chi connectivity index (χ4n) is 2.08. The molecule has 0 unspecified atom stereocenters. The van der Waals surface area contributed by atoms with E-state index in [0.29, 0.717) is 0 Å². The van der Waals surface area contributed by atoms with Crippen molar-refractivity contribution in [1.82, 2.24) is 0 Å². The number of Topliss-reactive ketones (excluding diaryl/α,β-unsaturated/α-hetero) is 1. The first-order valence-electron chi connectivity index (χ1n) is 6.88. The van der Waals surface area contributed by atoms with Gasteiger partial charge in [-0.05, 0) is 42.3 Å². The summed E-state index contributed by atoms with van der Waals surface area (Å²) in [6, 6.07) is 11.8. The van der Waals surface area contributed by atoms with E-state index >= 15 is 0 Å². The topological polar surface area (TPSA) is 26.3 Å². The van der Waals surface area contributed by atoms with Crippen LogP contribution in [0, 0.1) is 0 Å². The lowest BCUT2D eigenvalue weighted by Gasteiger charge is -2.07. The van der Waals surface area contributed by atoms with E-state index in [4.69, 9.17) is 4.74 Å². The van der Waals surface area contributed by atoms with Gasteiger partial charge in [0.2, 0.25) is 0 Å². The Balaban J connectivity index is 2.16. The predicted octanol–water partition coefficient (Wildman–Crippen LogP) is 4.61. The van der Waals surface area contributed by atoms with Gasteiger partial charge in [0.15, 0.2) is 5.78 Å². The lowest BCUT2D eigenvalue weighted by Crippen LogP contribution is -1.97. The zero-order chi connectivity index (χ0) is 13.7. The Kier molecular flexibility index (Phi) is 4.56. The average molecular weight is 256 g/mol. The number of carbonyl (C=O) groups excluding carboxylic acids is 1. The van der Waals surface area contributed by atoms with Crippen LogP contribution >= 0.6 is 0 Å². The minimum atomic E-state index is 0.0937. The highest BCUT2D eigenvalue weighted by molar-refractivity contribution is 5.98. The summed E-state index contributed by atoms with van der Waals surface area (Å²) in [6.07, 6.45) is 3.48. The molecule has 0 aliphatic carbocycles. The molecule has 0 aliphatic heterocycles. The van der Waals surface area contributed by atoms with Gasteiger partial charge in [-0.1, -0.05) is 38.0 Å². The number of unbranched alkanes of at least 4 members (excludes halogenated alkanes) is 2. The smallest absolute Gasteiger partial charge is 0.159 e. The molecule has 100 valence electrons. The van der Waals surface area contributed by atoms with Crippen molar-refractivity contribution < 1.29 is 9.53 Å². The van der Waals surface area contributed by atoms with Crippen LogP contribution in [0.25, 0.3) is 10.8 Å². The van der Waals surface area contributed by atoms with Crippen LogP contribution in [-0.4, -0.2) is 12.4 Å². The van der Waals surface area contributed by atoms with E-state index in [-0.39, 0.29) is 5.78 Å². The van der Waals surface area contributed by atoms with Crippen molar-refractivity contribution in [2.24, 2.45) is 0 Å². The van der Waals surface area contributed by atoms with Gasteiger partial charge in [-0.3, -0.25) is 4.79 Å². The molecule has 0 saturated carbocycles. The lowest BCUT2D eigenvalue weighted by atomic mass is 10.0. The fraction of sp³-hybridized carbons (Fsp3) is 0.353. The molecule has 2 rings (SSSR count). The van der Waals surface area contributed by atoms with Gasteiger partial charge in [0, 0.05) is 5.56 Å². The van der Waals surface area contributed by atoms with E-state index < -0.39 is 0 Å². The Labute approximate surface area is 114 Å². The van der Waals surface area contributed by atoms with Crippen molar-refractivity contribution in [2.45, 2.75) is 33.1 Å². The number of carbonyl (C=O) groups is 1. The van der Waals surface area contributed by atoms with Crippen molar-refractivity contribution >= 4 is 16.6 Å². The van der Waals surface area contributed by atoms with Crippen LogP contribution in [0.1, 0.15) is 43.5 Å². The Bertz CT molecular complexity index is 572. The molecule has 0 spiro atoms. The Morgan fingerprint density at radius 3 is 2.58 bits per heavy atom. The molecule has 2 aromatic rings. The van der Waals surface area contributed by atoms with Crippen molar-refractivity contribution in [3.8, 4) is 5.75 Å². The van der Waals surface area contributed by atoms with Crippen LogP contribution in [-0.2, 0) is 0 Å². The molecule has 0 aromatic heterocycles. The summed E-state index contributed by atoms with van der Waals surface area (Å²) >= 11 is 0. The molecule has 19 heavy (non-hydrogen) atoms. The van der Waals surface area contributed by atoms with Gasteiger partial charge in [-0.25, -0.2) is 0 Å². The molecular weight excluding hydrogens is 236 g/mol. The molecule has 0 bridgehead atoms. The van der Waals surface area contributed by atoms with Crippen molar-refractivity contribution in [3.05, 3.63) is 42.0 Å². The molecule has 0 fully saturated rings. The van der Waals surface area contributed by atoms with Crippen LogP contribution in [0.4, 0.5) is 0 Å². The van der Waals surface area contributed by atoms with Gasteiger partial charge < -0.3 is 4.74 Å². The second-order valence-electron chi connectivity index (χ2n) is 4.84. The van der Waals surface area contributed by atoms with E-state index in [1.807, 2.05) is 36.4 Å². The second kappa shape index (κ2) is 6.37. The minimum Gasteiger partial charge on any atom is -0.494 e. The van der Waals surface area contributed by atoms with Gasteiger partial charge in [0.25, 0.3) is 0 Å². The molecule has 0 radical (unpaired) electrons. The number of fused-ring (bicyclic) bond motifs is 1. The van der Waals surface area contributed by atoms with E-state index in [9.17, 15) is 4.79 Å². The summed E-state index contributed by atoms with van der Waals surface area (Å²) in [6.45, 7) is 4.53. The van der Waals surface area contributed by atoms with Crippen LogP contribution in [0.15, 0.2) is 36.4 Å². The van der Waals surface area contributed by atoms with E-state index in [1.54, 1.807) is 6.92 Å². The number of ketones is 1. The molecular formula is C17H20O2. The first-order valence-corrected chi connectivity index (χ1v) is 6.88. The maximum absolute atomic E-state index is 11.4. The number of rotatable bonds is 6. The van der Waals surface area contributed by atoms with Gasteiger partial charge in [-0.2, -0.15) is 0 Å². The molecule has 0 saturated heterocycles. The zero-order valence-electron chi connectivity index (χ0n) is 11.6. The van der Waals surface area contributed by atoms with E-state index in [2.05, 4.69) is 6.92 Å². The van der Waals surface area contributed by atoms with Gasteiger partial charge >= 0.3 is 0 Å². The van der Waals surface area contributed by atoms with Crippen LogP contribution < -0.4 is 4.74 Å². The normalized spacial score (nSPS) is 10.6. The Morgan fingerprint density at radius 2 is 1.84 bits per heavy atom. The number of hydrogen-bond acceptors (Lipinski definition) is 2. The van der Waals surface area contributed by atoms with Crippen molar-refractivity contribution in [3.63, 3.8) is 0 Å². The number of hydrogen-bond donors (Lipinski definition) is 0. The van der Waals surface area contributed by atoms with Crippen LogP contribution in [0.5, 0.6) is 5.75 Å². The summed E-state index contributed by atoms with van der Waals surface area (Å²) in [4.78, 5) is 11.4. The first kappa shape index (κ1) is 13.6. The monoisotopic (exact) mass is 256 g/mol. The van der Waals surface area contributed by atoms with Gasteiger partial charge in [-0.15, -0.1) is 0 Å². The van der Waals surface area contributed by atoms with Gasteiger partial charge in [0.05, 0.1) is 6.61 Å². The molecule has 0 amide bonds. The number of ether oxygens (including phenoxy) is 1. The quantitative estimate of drug-likeness (QED) is 0.557. The SMILES string of the molecule is CCCCCOc1ccc2ccc(C(C)=O)cc2c1. The van der Waals surface area contributed by atoms with Crippen LogP contribution in [0.3, 0.4) is 0 Å². The van der Waals surface area contributed by atoms with Crippen molar-refractivity contribution in [2.75, 3.05) is 6.61 Å². The van der Waals surface area contributed by atoms with Crippen LogP contribution in [0.2, 0.25) is 0 Å². The fourth-order valence-corrected chi connectivity index (χ4v) is 2.08. The van der Waals surface area contributed by atoms with Gasteiger partial charge in [0.1, 0.15) is 5.75 Å². The molecule has 0 N–H and O–H groups in total. The second-order valence-corrected chi connectivity index (χ2v) is 4.84. The molecule has 0 heterocycles. The largest absolute Gasteiger partial charge is 0.494 e. The summed E-state index contributed by atoms with van der Waals surface area (Å²) < 4.78 is 5.73. The Morgan fingerprint density at radius 1 is 1.05 bits per heavy atom. The zero-order valence-corrected chi connectivity index (χ0v) is 11.6. The third-order valence-corrected chi connectivity index (χ3v) is 3.23. The molecule has 0 aliphatic rings. The highest BCUT2D eigenvalue weighted by Gasteiger charge is 2.02. The first-order chi connectivity index (χ1) is 9.20. The summed E-state index contributed by atoms with van der Waals surface area (Å²) in [5.41, 5.74) is 0.746. The van der Waals surface area contributed by atoms with E-state index in [1.165, 1.54) is 12.8 Å². The maximum atomic E-state index is 11.4. The minimum absolute atomic E-state index is 0.0937. The molecule has 2 heteroatoms. The summed E-state index contributed by atoms with van der Waals surface area (Å²) in [5, 5.41) is 2.19. The summed E-state index contributed by atoms with van der Waals surface area (Å²) in [7, 11) is 0. The Hall–Kier alpha value is -1.83. The predicted molar refractivity (Wildman–Crippen MR) is 79.0 cm³/mol.